The van der Waals surface area contributed by atoms with Gasteiger partial charge in [0.05, 0.1) is 5.25 Å². The lowest BCUT2D eigenvalue weighted by Gasteiger charge is -2.31. The standard InChI is InChI=1S/C20H33N3O3S/c1-15(2)27(25,26)21-10-13-23-11-8-18(9-12-23)14-19(24)22-20-16(3)6-5-7-17(20)4/h5-7,15,18,21H,8-14H2,1-4H3,(H,22,24). The van der Waals surface area contributed by atoms with Crippen molar-refractivity contribution in [2.24, 2.45) is 5.92 Å². The van der Waals surface area contributed by atoms with Crippen LogP contribution in [0, 0.1) is 19.8 Å². The Hall–Kier alpha value is -1.44. The van der Waals surface area contributed by atoms with Gasteiger partial charge in [-0.3, -0.25) is 4.79 Å². The summed E-state index contributed by atoms with van der Waals surface area (Å²) in [6, 6.07) is 6.01. The zero-order valence-electron chi connectivity index (χ0n) is 16.9. The highest BCUT2D eigenvalue weighted by atomic mass is 32.2. The summed E-state index contributed by atoms with van der Waals surface area (Å²) in [6.45, 7) is 10.3. The Morgan fingerprint density at radius 1 is 1.19 bits per heavy atom. The van der Waals surface area contributed by atoms with E-state index in [9.17, 15) is 13.2 Å². The fraction of sp³-hybridized carbons (Fsp3) is 0.650. The summed E-state index contributed by atoms with van der Waals surface area (Å²) in [5, 5.41) is 2.67. The van der Waals surface area contributed by atoms with Gasteiger partial charge in [0.15, 0.2) is 0 Å². The molecule has 0 unspecified atom stereocenters. The second-order valence-electron chi connectivity index (χ2n) is 7.79. The first kappa shape index (κ1) is 21.9. The van der Waals surface area contributed by atoms with E-state index in [1.54, 1.807) is 13.8 Å². The Morgan fingerprint density at radius 3 is 2.33 bits per heavy atom. The van der Waals surface area contributed by atoms with Gasteiger partial charge in [-0.1, -0.05) is 18.2 Å². The van der Waals surface area contributed by atoms with Crippen molar-refractivity contribution in [3.8, 4) is 0 Å². The Balaban J connectivity index is 1.72. The summed E-state index contributed by atoms with van der Waals surface area (Å²) in [4.78, 5) is 14.7. The molecule has 27 heavy (non-hydrogen) atoms. The molecule has 0 aromatic heterocycles. The molecule has 0 aliphatic carbocycles. The van der Waals surface area contributed by atoms with Crippen LogP contribution < -0.4 is 10.0 Å². The average Bonchev–Trinajstić information content (AvgIpc) is 2.59. The van der Waals surface area contributed by atoms with Gasteiger partial charge in [0, 0.05) is 25.2 Å². The van der Waals surface area contributed by atoms with Gasteiger partial charge in [-0.2, -0.15) is 0 Å². The number of para-hydroxylation sites is 1. The highest BCUT2D eigenvalue weighted by molar-refractivity contribution is 7.90. The van der Waals surface area contributed by atoms with Crippen LogP contribution in [0.5, 0.6) is 0 Å². The van der Waals surface area contributed by atoms with Crippen LogP contribution >= 0.6 is 0 Å². The van der Waals surface area contributed by atoms with Gasteiger partial charge in [-0.15, -0.1) is 0 Å². The number of benzene rings is 1. The van der Waals surface area contributed by atoms with E-state index < -0.39 is 15.3 Å². The molecular weight excluding hydrogens is 362 g/mol. The number of aryl methyl sites for hydroxylation is 2. The van der Waals surface area contributed by atoms with Crippen molar-refractivity contribution in [3.05, 3.63) is 29.3 Å². The van der Waals surface area contributed by atoms with Crippen molar-refractivity contribution in [3.63, 3.8) is 0 Å². The van der Waals surface area contributed by atoms with Gasteiger partial charge >= 0.3 is 0 Å². The Labute approximate surface area is 163 Å². The molecule has 0 radical (unpaired) electrons. The predicted octanol–water partition coefficient (Wildman–Crippen LogP) is 2.67. The maximum atomic E-state index is 12.4. The van der Waals surface area contributed by atoms with Crippen molar-refractivity contribution in [1.29, 1.82) is 0 Å². The molecule has 1 fully saturated rings. The first-order valence-corrected chi connectivity index (χ1v) is 11.3. The lowest BCUT2D eigenvalue weighted by molar-refractivity contribution is -0.117. The van der Waals surface area contributed by atoms with Crippen LogP contribution in [0.15, 0.2) is 18.2 Å². The molecule has 0 bridgehead atoms. The molecule has 1 aliphatic rings. The minimum atomic E-state index is -3.19. The third-order valence-corrected chi connectivity index (χ3v) is 7.13. The first-order chi connectivity index (χ1) is 12.7. The van der Waals surface area contributed by atoms with Crippen molar-refractivity contribution in [2.75, 3.05) is 31.5 Å². The SMILES string of the molecule is Cc1cccc(C)c1NC(=O)CC1CCN(CCNS(=O)(=O)C(C)C)CC1. The lowest BCUT2D eigenvalue weighted by atomic mass is 9.93. The monoisotopic (exact) mass is 395 g/mol. The number of amides is 1. The smallest absolute Gasteiger partial charge is 0.224 e. The van der Waals surface area contributed by atoms with E-state index in [0.29, 0.717) is 25.4 Å². The maximum Gasteiger partial charge on any atom is 0.224 e. The maximum absolute atomic E-state index is 12.4. The van der Waals surface area contributed by atoms with Gasteiger partial charge < -0.3 is 10.2 Å². The number of anilines is 1. The van der Waals surface area contributed by atoms with Crippen LogP contribution in [0.25, 0.3) is 0 Å². The molecular formula is C20H33N3O3S. The van der Waals surface area contributed by atoms with Crippen LogP contribution in [0.3, 0.4) is 0 Å². The number of piperidine rings is 1. The van der Waals surface area contributed by atoms with E-state index in [0.717, 1.165) is 42.7 Å². The molecule has 1 aromatic carbocycles. The number of carbonyl (C=O) groups excluding carboxylic acids is 1. The summed E-state index contributed by atoms with van der Waals surface area (Å²) in [5.41, 5.74) is 3.10. The second-order valence-corrected chi connectivity index (χ2v) is 10.1. The van der Waals surface area contributed by atoms with E-state index in [4.69, 9.17) is 0 Å². The van der Waals surface area contributed by atoms with E-state index in [1.165, 1.54) is 0 Å². The summed E-state index contributed by atoms with van der Waals surface area (Å²) >= 11 is 0. The van der Waals surface area contributed by atoms with E-state index in [1.807, 2.05) is 32.0 Å². The molecule has 2 N–H and O–H groups in total. The molecule has 7 heteroatoms. The fourth-order valence-electron chi connectivity index (χ4n) is 3.39. The summed E-state index contributed by atoms with van der Waals surface area (Å²) in [6.07, 6.45) is 2.48. The zero-order chi connectivity index (χ0) is 20.0. The topological polar surface area (TPSA) is 78.5 Å². The molecule has 0 atom stereocenters. The molecule has 1 heterocycles. The minimum Gasteiger partial charge on any atom is -0.326 e. The summed E-state index contributed by atoms with van der Waals surface area (Å²) < 4.78 is 26.2. The van der Waals surface area contributed by atoms with Gasteiger partial charge in [-0.25, -0.2) is 13.1 Å². The molecule has 6 nitrogen and oxygen atoms in total. The van der Waals surface area contributed by atoms with E-state index >= 15 is 0 Å². The third kappa shape index (κ3) is 6.59. The predicted molar refractivity (Wildman–Crippen MR) is 110 cm³/mol. The number of carbonyl (C=O) groups is 1. The molecule has 1 saturated heterocycles. The largest absolute Gasteiger partial charge is 0.326 e. The first-order valence-electron chi connectivity index (χ1n) is 9.76. The molecule has 1 amide bonds. The summed E-state index contributed by atoms with van der Waals surface area (Å²) in [7, 11) is -3.19. The number of hydrogen-bond acceptors (Lipinski definition) is 4. The summed E-state index contributed by atoms with van der Waals surface area (Å²) in [5.74, 6) is 0.466. The zero-order valence-corrected chi connectivity index (χ0v) is 17.7. The van der Waals surface area contributed by atoms with Gasteiger partial charge in [0.2, 0.25) is 15.9 Å². The number of hydrogen-bond donors (Lipinski definition) is 2. The quantitative estimate of drug-likeness (QED) is 0.709. The molecule has 0 saturated carbocycles. The van der Waals surface area contributed by atoms with Gasteiger partial charge in [0.1, 0.15) is 0 Å². The van der Waals surface area contributed by atoms with Crippen molar-refractivity contribution in [2.45, 2.75) is 52.2 Å². The van der Waals surface area contributed by atoms with Crippen molar-refractivity contribution >= 4 is 21.6 Å². The third-order valence-electron chi connectivity index (χ3n) is 5.28. The molecule has 1 aliphatic heterocycles. The van der Waals surface area contributed by atoms with E-state index in [-0.39, 0.29) is 5.91 Å². The van der Waals surface area contributed by atoms with Gasteiger partial charge in [-0.05, 0) is 70.7 Å². The number of nitrogens with zero attached hydrogens (tertiary/aromatic N) is 1. The second kappa shape index (κ2) is 9.66. The number of sulfonamides is 1. The van der Waals surface area contributed by atoms with Crippen molar-refractivity contribution < 1.29 is 13.2 Å². The molecule has 1 aromatic rings. The number of rotatable bonds is 8. The Kier molecular flexibility index (Phi) is 7.82. The molecule has 2 rings (SSSR count). The van der Waals surface area contributed by atoms with Gasteiger partial charge in [0.25, 0.3) is 0 Å². The van der Waals surface area contributed by atoms with Crippen LogP contribution in [0.1, 0.15) is 44.2 Å². The van der Waals surface area contributed by atoms with Crippen LogP contribution in [-0.4, -0.2) is 50.7 Å². The lowest BCUT2D eigenvalue weighted by Crippen LogP contribution is -2.41. The Bertz CT molecular complexity index is 719. The average molecular weight is 396 g/mol. The van der Waals surface area contributed by atoms with Crippen LogP contribution in [0.2, 0.25) is 0 Å². The number of nitrogens with one attached hydrogen (secondary N) is 2. The normalized spacial score (nSPS) is 16.6. The Morgan fingerprint density at radius 2 is 1.78 bits per heavy atom. The minimum absolute atomic E-state index is 0.0792. The van der Waals surface area contributed by atoms with Crippen LogP contribution in [0.4, 0.5) is 5.69 Å². The number of likely N-dealkylation sites (tertiary alicyclic amines) is 1. The van der Waals surface area contributed by atoms with Crippen molar-refractivity contribution in [1.82, 2.24) is 9.62 Å². The van der Waals surface area contributed by atoms with Crippen LogP contribution in [-0.2, 0) is 14.8 Å². The van der Waals surface area contributed by atoms with E-state index in [2.05, 4.69) is 14.9 Å². The molecule has 152 valence electrons. The highest BCUT2D eigenvalue weighted by Crippen LogP contribution is 2.23. The highest BCUT2D eigenvalue weighted by Gasteiger charge is 2.22. The fourth-order valence-corrected chi connectivity index (χ4v) is 4.10. The molecule has 0 spiro atoms.